The van der Waals surface area contributed by atoms with Crippen LogP contribution >= 0.6 is 11.8 Å². The molecule has 0 saturated carbocycles. The number of benzene rings is 1. The Morgan fingerprint density at radius 3 is 2.50 bits per heavy atom. The van der Waals surface area contributed by atoms with Crippen molar-refractivity contribution < 1.29 is 4.52 Å². The molecule has 0 fully saturated rings. The van der Waals surface area contributed by atoms with Crippen molar-refractivity contribution in [1.82, 2.24) is 15.5 Å². The minimum atomic E-state index is 0.338. The highest BCUT2D eigenvalue weighted by Crippen LogP contribution is 2.26. The Balaban J connectivity index is 2.08. The molecule has 1 unspecified atom stereocenters. The topological polar surface area (TPSA) is 51.0 Å². The molecule has 0 aliphatic heterocycles. The summed E-state index contributed by atoms with van der Waals surface area (Å²) in [5.41, 5.74) is 0.967. The summed E-state index contributed by atoms with van der Waals surface area (Å²) < 4.78 is 5.32. The smallest absolute Gasteiger partial charge is 0.257 e. The Labute approximate surface area is 124 Å². The summed E-state index contributed by atoms with van der Waals surface area (Å²) in [5.74, 6) is 1.33. The fraction of sp³-hybridized carbons (Fsp3) is 0.467. The van der Waals surface area contributed by atoms with Crippen LogP contribution in [0.15, 0.2) is 33.7 Å². The van der Waals surface area contributed by atoms with E-state index in [2.05, 4.69) is 48.4 Å². The SMILES string of the molecule is CNC(C)Cc1noc(-c2ccc(SC(C)C)cc2)n1. The molecule has 0 bridgehead atoms. The van der Waals surface area contributed by atoms with Gasteiger partial charge in [-0.1, -0.05) is 19.0 Å². The van der Waals surface area contributed by atoms with Gasteiger partial charge in [-0.3, -0.25) is 0 Å². The number of hydrogen-bond donors (Lipinski definition) is 1. The summed E-state index contributed by atoms with van der Waals surface area (Å²) in [4.78, 5) is 5.69. The van der Waals surface area contributed by atoms with Crippen molar-refractivity contribution in [2.75, 3.05) is 7.05 Å². The van der Waals surface area contributed by atoms with Crippen molar-refractivity contribution in [2.24, 2.45) is 0 Å². The molecule has 0 radical (unpaired) electrons. The third-order valence-electron chi connectivity index (χ3n) is 2.92. The standard InChI is InChI=1S/C15H21N3OS/c1-10(2)20-13-7-5-12(6-8-13)15-17-14(18-19-15)9-11(3)16-4/h5-8,10-11,16H,9H2,1-4H3. The Hall–Kier alpha value is -1.33. The zero-order chi connectivity index (χ0) is 14.5. The maximum absolute atomic E-state index is 5.32. The van der Waals surface area contributed by atoms with E-state index in [1.807, 2.05) is 30.9 Å². The highest BCUT2D eigenvalue weighted by Gasteiger charge is 2.11. The summed E-state index contributed by atoms with van der Waals surface area (Å²) >= 11 is 1.84. The van der Waals surface area contributed by atoms with Gasteiger partial charge in [0.05, 0.1) is 0 Å². The molecule has 2 aromatic rings. The molecule has 0 amide bonds. The second kappa shape index (κ2) is 6.90. The molecule has 0 saturated heterocycles. The molecule has 108 valence electrons. The van der Waals surface area contributed by atoms with Gasteiger partial charge < -0.3 is 9.84 Å². The molecule has 1 heterocycles. The lowest BCUT2D eigenvalue weighted by molar-refractivity contribution is 0.418. The highest BCUT2D eigenvalue weighted by molar-refractivity contribution is 7.99. The van der Waals surface area contributed by atoms with E-state index in [-0.39, 0.29) is 0 Å². The second-order valence-corrected chi connectivity index (χ2v) is 6.75. The molecule has 1 aromatic heterocycles. The Bertz CT molecular complexity index is 536. The van der Waals surface area contributed by atoms with E-state index in [1.165, 1.54) is 4.90 Å². The summed E-state index contributed by atoms with van der Waals surface area (Å²) in [6, 6.07) is 8.60. The van der Waals surface area contributed by atoms with Crippen LogP contribution in [0.4, 0.5) is 0 Å². The molecule has 1 atom stereocenters. The van der Waals surface area contributed by atoms with Gasteiger partial charge in [-0.15, -0.1) is 11.8 Å². The van der Waals surface area contributed by atoms with E-state index in [0.29, 0.717) is 17.2 Å². The van der Waals surface area contributed by atoms with E-state index >= 15 is 0 Å². The van der Waals surface area contributed by atoms with Crippen molar-refractivity contribution in [3.05, 3.63) is 30.1 Å². The average molecular weight is 291 g/mol. The highest BCUT2D eigenvalue weighted by atomic mass is 32.2. The number of hydrogen-bond acceptors (Lipinski definition) is 5. The van der Waals surface area contributed by atoms with Gasteiger partial charge in [0.2, 0.25) is 0 Å². The van der Waals surface area contributed by atoms with Crippen LogP contribution in [-0.4, -0.2) is 28.5 Å². The predicted octanol–water partition coefficient (Wildman–Crippen LogP) is 3.39. The number of nitrogens with one attached hydrogen (secondary N) is 1. The molecule has 0 aliphatic rings. The minimum Gasteiger partial charge on any atom is -0.334 e. The maximum Gasteiger partial charge on any atom is 0.257 e. The molecule has 0 aliphatic carbocycles. The summed E-state index contributed by atoms with van der Waals surface area (Å²) in [6.45, 7) is 6.46. The summed E-state index contributed by atoms with van der Waals surface area (Å²) in [6.07, 6.45) is 0.765. The van der Waals surface area contributed by atoms with E-state index in [0.717, 1.165) is 17.8 Å². The van der Waals surface area contributed by atoms with Gasteiger partial charge in [0, 0.05) is 28.2 Å². The lowest BCUT2D eigenvalue weighted by Crippen LogP contribution is -2.24. The third kappa shape index (κ3) is 4.08. The quantitative estimate of drug-likeness (QED) is 0.827. The summed E-state index contributed by atoms with van der Waals surface area (Å²) in [7, 11) is 1.93. The molecule has 20 heavy (non-hydrogen) atoms. The van der Waals surface area contributed by atoms with Gasteiger partial charge in [-0.2, -0.15) is 4.98 Å². The van der Waals surface area contributed by atoms with Crippen LogP contribution in [0.3, 0.4) is 0 Å². The summed E-state index contributed by atoms with van der Waals surface area (Å²) in [5, 5.41) is 7.77. The van der Waals surface area contributed by atoms with E-state index in [1.54, 1.807) is 0 Å². The third-order valence-corrected chi connectivity index (χ3v) is 3.94. The van der Waals surface area contributed by atoms with Crippen LogP contribution < -0.4 is 5.32 Å². The lowest BCUT2D eigenvalue weighted by Gasteiger charge is -2.05. The van der Waals surface area contributed by atoms with Crippen LogP contribution in [0, 0.1) is 0 Å². The normalized spacial score (nSPS) is 12.8. The van der Waals surface area contributed by atoms with Crippen LogP contribution in [0.5, 0.6) is 0 Å². The fourth-order valence-electron chi connectivity index (χ4n) is 1.78. The fourth-order valence-corrected chi connectivity index (χ4v) is 2.62. The number of likely N-dealkylation sites (N-methyl/N-ethyl adjacent to an activating group) is 1. The Morgan fingerprint density at radius 1 is 1.20 bits per heavy atom. The minimum absolute atomic E-state index is 0.338. The zero-order valence-corrected chi connectivity index (χ0v) is 13.2. The second-order valence-electron chi connectivity index (χ2n) is 5.10. The monoisotopic (exact) mass is 291 g/mol. The van der Waals surface area contributed by atoms with Gasteiger partial charge in [0.15, 0.2) is 5.82 Å². The molecule has 0 spiro atoms. The first-order chi connectivity index (χ1) is 9.58. The van der Waals surface area contributed by atoms with Crippen LogP contribution in [-0.2, 0) is 6.42 Å². The van der Waals surface area contributed by atoms with Crippen molar-refractivity contribution in [1.29, 1.82) is 0 Å². The number of aromatic nitrogens is 2. The first kappa shape index (κ1) is 15.1. The van der Waals surface area contributed by atoms with E-state index < -0.39 is 0 Å². The van der Waals surface area contributed by atoms with Crippen molar-refractivity contribution in [2.45, 2.75) is 43.4 Å². The average Bonchev–Trinajstić information content (AvgIpc) is 2.87. The van der Waals surface area contributed by atoms with Gasteiger partial charge >= 0.3 is 0 Å². The Morgan fingerprint density at radius 2 is 1.90 bits per heavy atom. The largest absolute Gasteiger partial charge is 0.334 e. The van der Waals surface area contributed by atoms with Crippen LogP contribution in [0.25, 0.3) is 11.5 Å². The lowest BCUT2D eigenvalue weighted by atomic mass is 10.2. The number of rotatable bonds is 6. The van der Waals surface area contributed by atoms with E-state index in [4.69, 9.17) is 4.52 Å². The Kier molecular flexibility index (Phi) is 5.20. The van der Waals surface area contributed by atoms with Gasteiger partial charge in [-0.05, 0) is 38.2 Å². The van der Waals surface area contributed by atoms with Crippen molar-refractivity contribution >= 4 is 11.8 Å². The zero-order valence-electron chi connectivity index (χ0n) is 12.4. The van der Waals surface area contributed by atoms with Crippen molar-refractivity contribution in [3.63, 3.8) is 0 Å². The first-order valence-electron chi connectivity index (χ1n) is 6.85. The van der Waals surface area contributed by atoms with Crippen LogP contribution in [0.2, 0.25) is 0 Å². The van der Waals surface area contributed by atoms with Crippen LogP contribution in [0.1, 0.15) is 26.6 Å². The molecular formula is C15H21N3OS. The van der Waals surface area contributed by atoms with E-state index in [9.17, 15) is 0 Å². The maximum atomic E-state index is 5.32. The molecule has 4 nitrogen and oxygen atoms in total. The molecule has 1 N–H and O–H groups in total. The van der Waals surface area contributed by atoms with Gasteiger partial charge in [-0.25, -0.2) is 0 Å². The van der Waals surface area contributed by atoms with Gasteiger partial charge in [0.25, 0.3) is 5.89 Å². The first-order valence-corrected chi connectivity index (χ1v) is 7.73. The van der Waals surface area contributed by atoms with Gasteiger partial charge in [0.1, 0.15) is 0 Å². The molecule has 5 heteroatoms. The van der Waals surface area contributed by atoms with Crippen molar-refractivity contribution in [3.8, 4) is 11.5 Å². The number of nitrogens with zero attached hydrogens (tertiary/aromatic N) is 2. The molecule has 1 aromatic carbocycles. The predicted molar refractivity (Wildman–Crippen MR) is 83.0 cm³/mol. The molecular weight excluding hydrogens is 270 g/mol. The number of thioether (sulfide) groups is 1. The molecule has 2 rings (SSSR count).